The number of aryl methyl sites for hydroxylation is 1. The number of anilines is 1. The summed E-state index contributed by atoms with van der Waals surface area (Å²) in [6.45, 7) is 1.27. The van der Waals surface area contributed by atoms with Gasteiger partial charge in [0.2, 0.25) is 0 Å². The zero-order valence-corrected chi connectivity index (χ0v) is 15.9. The summed E-state index contributed by atoms with van der Waals surface area (Å²) in [5.41, 5.74) is 0.702. The zero-order chi connectivity index (χ0) is 19.0. The topological polar surface area (TPSA) is 93.5 Å². The lowest BCUT2D eigenvalue weighted by atomic mass is 9.97. The van der Waals surface area contributed by atoms with Crippen LogP contribution >= 0.6 is 0 Å². The van der Waals surface area contributed by atoms with Gasteiger partial charge in [0.15, 0.2) is 5.03 Å². The summed E-state index contributed by atoms with van der Waals surface area (Å²) in [4.78, 5) is 18.9. The van der Waals surface area contributed by atoms with Gasteiger partial charge in [0.1, 0.15) is 5.75 Å². The van der Waals surface area contributed by atoms with E-state index in [1.807, 2.05) is 4.90 Å². The third-order valence-corrected chi connectivity index (χ3v) is 6.28. The summed E-state index contributed by atoms with van der Waals surface area (Å²) >= 11 is 0. The molecule has 9 heteroatoms. The summed E-state index contributed by atoms with van der Waals surface area (Å²) in [6.07, 6.45) is 6.75. The van der Waals surface area contributed by atoms with Crippen LogP contribution in [-0.2, 0) is 17.1 Å². The van der Waals surface area contributed by atoms with Crippen molar-refractivity contribution < 1.29 is 17.9 Å². The highest BCUT2D eigenvalue weighted by Crippen LogP contribution is 2.31. The molecule has 4 rings (SSSR count). The van der Waals surface area contributed by atoms with E-state index in [2.05, 4.69) is 9.71 Å². The van der Waals surface area contributed by atoms with E-state index in [-0.39, 0.29) is 17.0 Å². The quantitative estimate of drug-likeness (QED) is 0.865. The van der Waals surface area contributed by atoms with Gasteiger partial charge >= 0.3 is 0 Å². The molecule has 1 aromatic heterocycles. The molecule has 0 spiro atoms. The van der Waals surface area contributed by atoms with Gasteiger partial charge in [-0.15, -0.1) is 0 Å². The Balaban J connectivity index is 1.65. The van der Waals surface area contributed by atoms with E-state index in [0.29, 0.717) is 23.6 Å². The number of hydrogen-bond donors (Lipinski definition) is 1. The predicted octanol–water partition coefficient (Wildman–Crippen LogP) is 2.00. The highest BCUT2D eigenvalue weighted by Gasteiger charge is 2.31. The smallest absolute Gasteiger partial charge is 0.280 e. The monoisotopic (exact) mass is 390 g/mol. The van der Waals surface area contributed by atoms with Crippen molar-refractivity contribution in [3.05, 3.63) is 36.3 Å². The van der Waals surface area contributed by atoms with E-state index in [0.717, 1.165) is 32.2 Å². The Morgan fingerprint density at radius 3 is 2.89 bits per heavy atom. The minimum Gasteiger partial charge on any atom is -0.493 e. The predicted molar refractivity (Wildman–Crippen MR) is 99.2 cm³/mol. The van der Waals surface area contributed by atoms with Gasteiger partial charge < -0.3 is 14.2 Å². The van der Waals surface area contributed by atoms with Crippen LogP contribution in [0.5, 0.6) is 5.75 Å². The molecule has 8 nitrogen and oxygen atoms in total. The molecule has 3 heterocycles. The van der Waals surface area contributed by atoms with Gasteiger partial charge in [0, 0.05) is 37.9 Å². The molecule has 2 aliphatic heterocycles. The van der Waals surface area contributed by atoms with Crippen LogP contribution in [0.3, 0.4) is 0 Å². The summed E-state index contributed by atoms with van der Waals surface area (Å²) < 4.78 is 34.8. The van der Waals surface area contributed by atoms with Crippen LogP contribution in [0, 0.1) is 0 Å². The first-order valence-corrected chi connectivity index (χ1v) is 10.5. The second kappa shape index (κ2) is 6.88. The van der Waals surface area contributed by atoms with Crippen LogP contribution in [0.2, 0.25) is 0 Å². The van der Waals surface area contributed by atoms with Gasteiger partial charge in [-0.25, -0.2) is 4.98 Å². The fraction of sp³-hybridized carbons (Fsp3) is 0.444. The number of sulfonamides is 1. The maximum absolute atomic E-state index is 13.1. The normalized spacial score (nSPS) is 20.1. The van der Waals surface area contributed by atoms with Gasteiger partial charge in [0.05, 0.1) is 18.5 Å². The molecule has 2 aliphatic rings. The van der Waals surface area contributed by atoms with E-state index in [1.54, 1.807) is 29.8 Å². The van der Waals surface area contributed by atoms with E-state index in [9.17, 15) is 13.2 Å². The Labute approximate surface area is 158 Å². The molecule has 1 amide bonds. The molecule has 0 saturated carbocycles. The molecule has 1 N–H and O–H groups in total. The number of benzene rings is 1. The van der Waals surface area contributed by atoms with Crippen molar-refractivity contribution in [2.24, 2.45) is 7.05 Å². The minimum absolute atomic E-state index is 0.0737. The second-order valence-electron chi connectivity index (χ2n) is 6.98. The Hall–Kier alpha value is -2.55. The number of carbonyl (C=O) groups is 1. The van der Waals surface area contributed by atoms with Crippen molar-refractivity contribution in [1.29, 1.82) is 0 Å². The number of nitrogens with one attached hydrogen (secondary N) is 1. The van der Waals surface area contributed by atoms with Gasteiger partial charge in [-0.2, -0.15) is 8.42 Å². The van der Waals surface area contributed by atoms with Gasteiger partial charge in [-0.3, -0.25) is 9.52 Å². The van der Waals surface area contributed by atoms with E-state index < -0.39 is 10.0 Å². The summed E-state index contributed by atoms with van der Waals surface area (Å²) in [5.74, 6) is 0.387. The third-order valence-electron chi connectivity index (χ3n) is 5.02. The number of amides is 1. The summed E-state index contributed by atoms with van der Waals surface area (Å²) in [6, 6.07) is 4.98. The molecule has 2 aromatic rings. The van der Waals surface area contributed by atoms with Crippen LogP contribution < -0.4 is 9.46 Å². The maximum atomic E-state index is 13.1. The molecule has 0 unspecified atom stereocenters. The molecule has 0 radical (unpaired) electrons. The Kier molecular flexibility index (Phi) is 4.55. The minimum atomic E-state index is -3.82. The van der Waals surface area contributed by atoms with Gasteiger partial charge in [-0.05, 0) is 37.5 Å². The molecule has 0 bridgehead atoms. The molecular weight excluding hydrogens is 368 g/mol. The van der Waals surface area contributed by atoms with Gasteiger partial charge in [-0.1, -0.05) is 0 Å². The number of fused-ring (bicyclic) bond motifs is 2. The standard InChI is InChI=1S/C18H22N4O4S/c1-21-11-17(19-12-21)27(24,25)20-13-5-6-16-15(10-13)18(23)22-8-3-2-4-14(22)7-9-26-16/h5-6,10-12,14,20H,2-4,7-9H2,1H3/t14-/m0/s1. The Bertz CT molecular complexity index is 969. The van der Waals surface area contributed by atoms with Crippen LogP contribution in [0.25, 0.3) is 0 Å². The zero-order valence-electron chi connectivity index (χ0n) is 15.1. The lowest BCUT2D eigenvalue weighted by Gasteiger charge is -2.37. The number of ether oxygens (including phenoxy) is 1. The number of nitrogens with zero attached hydrogens (tertiary/aromatic N) is 3. The Morgan fingerprint density at radius 1 is 1.26 bits per heavy atom. The molecule has 1 fully saturated rings. The molecule has 0 aliphatic carbocycles. The molecule has 27 heavy (non-hydrogen) atoms. The van der Waals surface area contributed by atoms with Crippen molar-refractivity contribution in [2.75, 3.05) is 17.9 Å². The van der Waals surface area contributed by atoms with E-state index >= 15 is 0 Å². The molecule has 1 saturated heterocycles. The van der Waals surface area contributed by atoms with E-state index in [4.69, 9.17) is 4.74 Å². The molecular formula is C18H22N4O4S. The van der Waals surface area contributed by atoms with Crippen molar-refractivity contribution in [3.63, 3.8) is 0 Å². The fourth-order valence-corrected chi connectivity index (χ4v) is 4.68. The second-order valence-corrected chi connectivity index (χ2v) is 8.61. The molecule has 1 atom stereocenters. The largest absolute Gasteiger partial charge is 0.493 e. The highest BCUT2D eigenvalue weighted by atomic mass is 32.2. The molecule has 1 aromatic carbocycles. The SMILES string of the molecule is Cn1cnc(S(=O)(=O)Nc2ccc3c(c2)C(=O)N2CCCC[C@H]2CCO3)c1. The summed E-state index contributed by atoms with van der Waals surface area (Å²) in [7, 11) is -2.13. The first-order chi connectivity index (χ1) is 12.9. The fourth-order valence-electron chi connectivity index (χ4n) is 3.65. The average Bonchev–Trinajstić information content (AvgIpc) is 3.08. The first-order valence-electron chi connectivity index (χ1n) is 9.03. The van der Waals surface area contributed by atoms with Crippen LogP contribution in [0.1, 0.15) is 36.0 Å². The highest BCUT2D eigenvalue weighted by molar-refractivity contribution is 7.92. The Morgan fingerprint density at radius 2 is 2.11 bits per heavy atom. The lowest BCUT2D eigenvalue weighted by Crippen LogP contribution is -2.45. The van der Waals surface area contributed by atoms with Gasteiger partial charge in [0.25, 0.3) is 15.9 Å². The molecule has 144 valence electrons. The van der Waals surface area contributed by atoms with Crippen molar-refractivity contribution >= 4 is 21.6 Å². The van der Waals surface area contributed by atoms with Crippen molar-refractivity contribution in [3.8, 4) is 5.75 Å². The first kappa shape index (κ1) is 17.8. The lowest BCUT2D eigenvalue weighted by molar-refractivity contribution is 0.0548. The number of aromatic nitrogens is 2. The number of piperidine rings is 1. The van der Waals surface area contributed by atoms with Crippen molar-refractivity contribution in [2.45, 2.75) is 36.8 Å². The van der Waals surface area contributed by atoms with Crippen LogP contribution in [0.4, 0.5) is 5.69 Å². The number of carbonyl (C=O) groups excluding carboxylic acids is 1. The van der Waals surface area contributed by atoms with Crippen molar-refractivity contribution in [1.82, 2.24) is 14.5 Å². The van der Waals surface area contributed by atoms with Crippen LogP contribution in [-0.4, -0.2) is 48.0 Å². The summed E-state index contributed by atoms with van der Waals surface area (Å²) in [5, 5.41) is -0.0737. The number of imidazole rings is 1. The number of rotatable bonds is 3. The number of hydrogen-bond acceptors (Lipinski definition) is 5. The van der Waals surface area contributed by atoms with Crippen LogP contribution in [0.15, 0.2) is 35.7 Å². The maximum Gasteiger partial charge on any atom is 0.280 e. The van der Waals surface area contributed by atoms with E-state index in [1.165, 1.54) is 12.5 Å². The average molecular weight is 390 g/mol. The third kappa shape index (κ3) is 3.51.